The van der Waals surface area contributed by atoms with Crippen molar-refractivity contribution < 1.29 is 14.3 Å². The SMILES string of the molecule is O=C(CSc1nc2ccccc2s1)Nc1cccc2c1OCCO2. The first-order valence-electron chi connectivity index (χ1n) is 7.46. The van der Waals surface area contributed by atoms with Crippen molar-refractivity contribution in [2.24, 2.45) is 0 Å². The summed E-state index contributed by atoms with van der Waals surface area (Å²) in [7, 11) is 0. The first-order chi connectivity index (χ1) is 11.8. The van der Waals surface area contributed by atoms with Crippen LogP contribution in [0, 0.1) is 0 Å². The molecule has 1 aliphatic heterocycles. The molecule has 0 saturated heterocycles. The maximum absolute atomic E-state index is 12.2. The van der Waals surface area contributed by atoms with E-state index in [9.17, 15) is 4.79 Å². The Morgan fingerprint density at radius 2 is 2.04 bits per heavy atom. The van der Waals surface area contributed by atoms with Gasteiger partial charge in [0.05, 0.1) is 21.7 Å². The van der Waals surface area contributed by atoms with Gasteiger partial charge in [-0.05, 0) is 24.3 Å². The molecule has 0 aliphatic carbocycles. The molecule has 1 amide bonds. The van der Waals surface area contributed by atoms with E-state index in [0.29, 0.717) is 36.2 Å². The first-order valence-corrected chi connectivity index (χ1v) is 9.26. The van der Waals surface area contributed by atoms with Gasteiger partial charge < -0.3 is 14.8 Å². The van der Waals surface area contributed by atoms with E-state index in [4.69, 9.17) is 9.47 Å². The van der Waals surface area contributed by atoms with Gasteiger partial charge in [0.25, 0.3) is 0 Å². The van der Waals surface area contributed by atoms with Crippen molar-refractivity contribution in [2.75, 3.05) is 24.3 Å². The number of nitrogens with zero attached hydrogens (tertiary/aromatic N) is 1. The van der Waals surface area contributed by atoms with Gasteiger partial charge in [-0.25, -0.2) is 4.98 Å². The summed E-state index contributed by atoms with van der Waals surface area (Å²) in [6.07, 6.45) is 0. The first kappa shape index (κ1) is 15.3. The normalized spacial score (nSPS) is 13.0. The minimum Gasteiger partial charge on any atom is -0.486 e. The van der Waals surface area contributed by atoms with Crippen LogP contribution in [0.15, 0.2) is 46.8 Å². The minimum atomic E-state index is -0.0955. The number of para-hydroxylation sites is 2. The van der Waals surface area contributed by atoms with E-state index in [1.807, 2.05) is 42.5 Å². The average Bonchev–Trinajstić information content (AvgIpc) is 3.03. The molecule has 122 valence electrons. The minimum absolute atomic E-state index is 0.0955. The summed E-state index contributed by atoms with van der Waals surface area (Å²) in [5, 5.41) is 2.89. The zero-order valence-electron chi connectivity index (χ0n) is 12.7. The van der Waals surface area contributed by atoms with Gasteiger partial charge >= 0.3 is 0 Å². The molecule has 1 N–H and O–H groups in total. The Kier molecular flexibility index (Phi) is 4.27. The zero-order valence-corrected chi connectivity index (χ0v) is 14.3. The Balaban J connectivity index is 1.42. The van der Waals surface area contributed by atoms with Crippen molar-refractivity contribution in [2.45, 2.75) is 4.34 Å². The molecule has 2 heterocycles. The molecule has 24 heavy (non-hydrogen) atoms. The summed E-state index contributed by atoms with van der Waals surface area (Å²) in [6, 6.07) is 13.4. The van der Waals surface area contributed by atoms with Crippen LogP contribution in [0.2, 0.25) is 0 Å². The second kappa shape index (κ2) is 6.70. The number of rotatable bonds is 4. The Morgan fingerprint density at radius 3 is 2.96 bits per heavy atom. The number of hydrogen-bond acceptors (Lipinski definition) is 6. The van der Waals surface area contributed by atoms with Gasteiger partial charge in [0.1, 0.15) is 13.2 Å². The number of carbonyl (C=O) groups is 1. The van der Waals surface area contributed by atoms with Gasteiger partial charge in [-0.1, -0.05) is 30.0 Å². The lowest BCUT2D eigenvalue weighted by Gasteiger charge is -2.20. The molecular formula is C17H14N2O3S2. The van der Waals surface area contributed by atoms with E-state index < -0.39 is 0 Å². The van der Waals surface area contributed by atoms with E-state index >= 15 is 0 Å². The van der Waals surface area contributed by atoms with Crippen molar-refractivity contribution in [1.29, 1.82) is 0 Å². The summed E-state index contributed by atoms with van der Waals surface area (Å²) < 4.78 is 13.1. The number of thiazole rings is 1. The average molecular weight is 358 g/mol. The number of aromatic nitrogens is 1. The van der Waals surface area contributed by atoms with Crippen molar-refractivity contribution >= 4 is 44.9 Å². The van der Waals surface area contributed by atoms with Gasteiger partial charge in [0, 0.05) is 0 Å². The van der Waals surface area contributed by atoms with Crippen LogP contribution in [-0.4, -0.2) is 29.9 Å². The topological polar surface area (TPSA) is 60.5 Å². The highest BCUT2D eigenvalue weighted by Crippen LogP contribution is 2.37. The van der Waals surface area contributed by atoms with Crippen LogP contribution in [0.25, 0.3) is 10.2 Å². The van der Waals surface area contributed by atoms with Gasteiger partial charge in [-0.3, -0.25) is 4.79 Å². The third-order valence-corrected chi connectivity index (χ3v) is 5.62. The molecule has 3 aromatic rings. The molecule has 0 atom stereocenters. The number of ether oxygens (including phenoxy) is 2. The largest absolute Gasteiger partial charge is 0.486 e. The van der Waals surface area contributed by atoms with E-state index in [-0.39, 0.29) is 5.91 Å². The van der Waals surface area contributed by atoms with Gasteiger partial charge in [0.2, 0.25) is 5.91 Å². The molecule has 2 aromatic carbocycles. The molecule has 0 spiro atoms. The fourth-order valence-corrected chi connectivity index (χ4v) is 4.27. The lowest BCUT2D eigenvalue weighted by atomic mass is 10.2. The van der Waals surface area contributed by atoms with Crippen LogP contribution in [0.4, 0.5) is 5.69 Å². The van der Waals surface area contributed by atoms with E-state index in [2.05, 4.69) is 10.3 Å². The number of fused-ring (bicyclic) bond motifs is 2. The van der Waals surface area contributed by atoms with Crippen LogP contribution in [0.3, 0.4) is 0 Å². The summed E-state index contributed by atoms with van der Waals surface area (Å²) in [4.78, 5) is 16.8. The van der Waals surface area contributed by atoms with Crippen LogP contribution < -0.4 is 14.8 Å². The van der Waals surface area contributed by atoms with Crippen molar-refractivity contribution in [1.82, 2.24) is 4.98 Å². The predicted molar refractivity (Wildman–Crippen MR) is 96.4 cm³/mol. The highest BCUT2D eigenvalue weighted by atomic mass is 32.2. The third kappa shape index (κ3) is 3.18. The molecule has 0 unspecified atom stereocenters. The number of thioether (sulfide) groups is 1. The highest BCUT2D eigenvalue weighted by Gasteiger charge is 2.17. The smallest absolute Gasteiger partial charge is 0.234 e. The summed E-state index contributed by atoms with van der Waals surface area (Å²) in [5.74, 6) is 1.46. The van der Waals surface area contributed by atoms with Gasteiger partial charge in [-0.2, -0.15) is 0 Å². The number of amides is 1. The molecule has 0 fully saturated rings. The second-order valence-electron chi connectivity index (χ2n) is 5.11. The number of benzene rings is 2. The fourth-order valence-electron chi connectivity index (χ4n) is 2.40. The molecule has 1 aliphatic rings. The maximum Gasteiger partial charge on any atom is 0.234 e. The van der Waals surface area contributed by atoms with Crippen LogP contribution in [0.5, 0.6) is 11.5 Å². The molecule has 0 radical (unpaired) electrons. The summed E-state index contributed by atoms with van der Waals surface area (Å²) in [5.41, 5.74) is 1.61. The monoisotopic (exact) mass is 358 g/mol. The maximum atomic E-state index is 12.2. The van der Waals surface area contributed by atoms with E-state index in [1.54, 1.807) is 11.3 Å². The van der Waals surface area contributed by atoms with Crippen molar-refractivity contribution in [3.8, 4) is 11.5 Å². The van der Waals surface area contributed by atoms with Crippen LogP contribution >= 0.6 is 23.1 Å². The quantitative estimate of drug-likeness (QED) is 0.719. The summed E-state index contributed by atoms with van der Waals surface area (Å²) in [6.45, 7) is 1.01. The van der Waals surface area contributed by atoms with Crippen molar-refractivity contribution in [3.05, 3.63) is 42.5 Å². The zero-order chi connectivity index (χ0) is 16.4. The Morgan fingerprint density at radius 1 is 1.17 bits per heavy atom. The molecule has 4 rings (SSSR count). The third-order valence-electron chi connectivity index (χ3n) is 3.44. The van der Waals surface area contributed by atoms with E-state index in [0.717, 1.165) is 14.6 Å². The molecule has 0 bridgehead atoms. The van der Waals surface area contributed by atoms with E-state index in [1.165, 1.54) is 11.8 Å². The van der Waals surface area contributed by atoms with Gasteiger partial charge in [-0.15, -0.1) is 11.3 Å². The standard InChI is InChI=1S/C17H14N2O3S2/c20-15(10-23-17-19-11-4-1-2-7-14(11)24-17)18-12-5-3-6-13-16(12)22-9-8-21-13/h1-7H,8-10H2,(H,18,20). The predicted octanol–water partition coefficient (Wildman–Crippen LogP) is 3.80. The number of carbonyl (C=O) groups excluding carboxylic acids is 1. The number of hydrogen-bond donors (Lipinski definition) is 1. The van der Waals surface area contributed by atoms with Crippen molar-refractivity contribution in [3.63, 3.8) is 0 Å². The number of nitrogens with one attached hydrogen (secondary N) is 1. The molecule has 7 heteroatoms. The fraction of sp³-hybridized carbons (Fsp3) is 0.176. The highest BCUT2D eigenvalue weighted by molar-refractivity contribution is 8.01. The Hall–Kier alpha value is -2.25. The number of anilines is 1. The Labute approximate surface area is 147 Å². The second-order valence-corrected chi connectivity index (χ2v) is 7.37. The summed E-state index contributed by atoms with van der Waals surface area (Å²) >= 11 is 3.03. The molecule has 0 saturated carbocycles. The lowest BCUT2D eigenvalue weighted by Crippen LogP contribution is -2.19. The molecular weight excluding hydrogens is 344 g/mol. The van der Waals surface area contributed by atoms with Gasteiger partial charge in [0.15, 0.2) is 15.8 Å². The Bertz CT molecular complexity index is 861. The lowest BCUT2D eigenvalue weighted by molar-refractivity contribution is -0.113. The molecule has 1 aromatic heterocycles. The molecule has 5 nitrogen and oxygen atoms in total. The van der Waals surface area contributed by atoms with Crippen LogP contribution in [0.1, 0.15) is 0 Å². The van der Waals surface area contributed by atoms with Crippen LogP contribution in [-0.2, 0) is 4.79 Å².